The number of fused-ring (bicyclic) bond motifs is 1. The molecule has 4 nitrogen and oxygen atoms in total. The molecule has 0 amide bonds. The van der Waals surface area contributed by atoms with Crippen LogP contribution in [0.3, 0.4) is 0 Å². The smallest absolute Gasteiger partial charge is 0.161 e. The number of nitrogens with one attached hydrogen (secondary N) is 1. The molecule has 4 heteroatoms. The summed E-state index contributed by atoms with van der Waals surface area (Å²) in [6, 6.07) is 6.53. The van der Waals surface area contributed by atoms with Crippen molar-refractivity contribution < 1.29 is 9.47 Å². The lowest BCUT2D eigenvalue weighted by atomic mass is 10.1. The van der Waals surface area contributed by atoms with Crippen LogP contribution in [0.4, 0.5) is 0 Å². The summed E-state index contributed by atoms with van der Waals surface area (Å²) in [5.74, 6) is 1.72. The molecule has 1 aromatic carbocycles. The molecule has 0 spiro atoms. The van der Waals surface area contributed by atoms with E-state index in [9.17, 15) is 0 Å². The van der Waals surface area contributed by atoms with Gasteiger partial charge in [0.05, 0.1) is 0 Å². The summed E-state index contributed by atoms with van der Waals surface area (Å²) >= 11 is 0. The van der Waals surface area contributed by atoms with Gasteiger partial charge in [0.2, 0.25) is 0 Å². The lowest BCUT2D eigenvalue weighted by Gasteiger charge is -2.25. The Morgan fingerprint density at radius 3 is 2.68 bits per heavy atom. The highest BCUT2D eigenvalue weighted by Crippen LogP contribution is 2.32. The Balaban J connectivity index is 2.09. The summed E-state index contributed by atoms with van der Waals surface area (Å²) in [5.41, 5.74) is 1.25. The Labute approximate surface area is 115 Å². The first-order chi connectivity index (χ1) is 9.24. The number of hydrogen-bond acceptors (Lipinski definition) is 4. The van der Waals surface area contributed by atoms with Gasteiger partial charge in [0.1, 0.15) is 13.2 Å². The third-order valence-corrected chi connectivity index (χ3v) is 3.42. The van der Waals surface area contributed by atoms with Gasteiger partial charge in [0.25, 0.3) is 0 Å². The monoisotopic (exact) mass is 264 g/mol. The largest absolute Gasteiger partial charge is 0.486 e. The maximum absolute atomic E-state index is 5.64. The van der Waals surface area contributed by atoms with E-state index < -0.39 is 0 Å². The standard InChI is InChI=1S/C15H24N2O2/c1-4-7-17(3)11-13(16-2)12-5-6-14-15(10-12)19-9-8-18-14/h5-6,10,13,16H,4,7-9,11H2,1-3H3. The van der Waals surface area contributed by atoms with Gasteiger partial charge in [-0.1, -0.05) is 13.0 Å². The van der Waals surface area contributed by atoms with E-state index in [2.05, 4.69) is 36.3 Å². The zero-order valence-corrected chi connectivity index (χ0v) is 12.1. The molecule has 2 rings (SSSR count). The van der Waals surface area contributed by atoms with E-state index in [-0.39, 0.29) is 0 Å². The van der Waals surface area contributed by atoms with Crippen molar-refractivity contribution in [3.63, 3.8) is 0 Å². The number of nitrogens with zero attached hydrogens (tertiary/aromatic N) is 1. The highest BCUT2D eigenvalue weighted by atomic mass is 16.6. The minimum atomic E-state index is 0.312. The van der Waals surface area contributed by atoms with Gasteiger partial charge in [-0.15, -0.1) is 0 Å². The maximum Gasteiger partial charge on any atom is 0.161 e. The molecule has 0 radical (unpaired) electrons. The molecular formula is C15H24N2O2. The SMILES string of the molecule is CCCN(C)CC(NC)c1ccc2c(c1)OCCO2. The Morgan fingerprint density at radius 1 is 1.26 bits per heavy atom. The molecule has 1 unspecified atom stereocenters. The summed E-state index contributed by atoms with van der Waals surface area (Å²) in [5, 5.41) is 3.38. The normalized spacial score (nSPS) is 15.6. The molecular weight excluding hydrogens is 240 g/mol. The van der Waals surface area contributed by atoms with Crippen LogP contribution in [0.2, 0.25) is 0 Å². The number of likely N-dealkylation sites (N-methyl/N-ethyl adjacent to an activating group) is 2. The van der Waals surface area contributed by atoms with Gasteiger partial charge in [-0.25, -0.2) is 0 Å². The van der Waals surface area contributed by atoms with Crippen molar-refractivity contribution in [2.75, 3.05) is 40.4 Å². The van der Waals surface area contributed by atoms with Crippen LogP contribution in [0.1, 0.15) is 24.9 Å². The second-order valence-corrected chi connectivity index (χ2v) is 5.01. The van der Waals surface area contributed by atoms with E-state index in [0.29, 0.717) is 19.3 Å². The van der Waals surface area contributed by atoms with Gasteiger partial charge in [-0.05, 0) is 44.8 Å². The van der Waals surface area contributed by atoms with Gasteiger partial charge in [-0.3, -0.25) is 0 Å². The molecule has 1 heterocycles. The molecule has 0 aromatic heterocycles. The van der Waals surface area contributed by atoms with Crippen LogP contribution >= 0.6 is 0 Å². The first-order valence-corrected chi connectivity index (χ1v) is 7.00. The summed E-state index contributed by atoms with van der Waals surface area (Å²) in [4.78, 5) is 2.35. The summed E-state index contributed by atoms with van der Waals surface area (Å²) in [7, 11) is 4.16. The zero-order chi connectivity index (χ0) is 13.7. The quantitative estimate of drug-likeness (QED) is 0.853. The van der Waals surface area contributed by atoms with E-state index in [1.165, 1.54) is 12.0 Å². The van der Waals surface area contributed by atoms with Crippen molar-refractivity contribution in [2.45, 2.75) is 19.4 Å². The van der Waals surface area contributed by atoms with E-state index >= 15 is 0 Å². The molecule has 0 aliphatic carbocycles. The molecule has 1 atom stereocenters. The molecule has 1 N–H and O–H groups in total. The van der Waals surface area contributed by atoms with Gasteiger partial charge in [0, 0.05) is 12.6 Å². The predicted octanol–water partition coefficient (Wildman–Crippen LogP) is 2.06. The fourth-order valence-corrected chi connectivity index (χ4v) is 2.42. The van der Waals surface area contributed by atoms with Crippen LogP contribution in [0.15, 0.2) is 18.2 Å². The average Bonchev–Trinajstić information content (AvgIpc) is 2.44. The molecule has 1 aliphatic rings. The van der Waals surface area contributed by atoms with Gasteiger partial charge in [-0.2, -0.15) is 0 Å². The van der Waals surface area contributed by atoms with Crippen molar-refractivity contribution in [3.8, 4) is 11.5 Å². The van der Waals surface area contributed by atoms with Crippen LogP contribution in [0.5, 0.6) is 11.5 Å². The molecule has 1 aromatic rings. The van der Waals surface area contributed by atoms with E-state index in [0.717, 1.165) is 24.6 Å². The lowest BCUT2D eigenvalue weighted by molar-refractivity contribution is 0.171. The van der Waals surface area contributed by atoms with E-state index in [1.54, 1.807) is 0 Å². The van der Waals surface area contributed by atoms with E-state index in [4.69, 9.17) is 9.47 Å². The fourth-order valence-electron chi connectivity index (χ4n) is 2.42. The van der Waals surface area contributed by atoms with Crippen molar-refractivity contribution >= 4 is 0 Å². The first kappa shape index (κ1) is 14.2. The van der Waals surface area contributed by atoms with Crippen molar-refractivity contribution in [3.05, 3.63) is 23.8 Å². The van der Waals surface area contributed by atoms with E-state index in [1.807, 2.05) is 13.1 Å². The van der Waals surface area contributed by atoms with Crippen LogP contribution in [0.25, 0.3) is 0 Å². The van der Waals surface area contributed by atoms with Crippen LogP contribution in [-0.4, -0.2) is 45.3 Å². The van der Waals surface area contributed by atoms with Crippen LogP contribution in [-0.2, 0) is 0 Å². The Kier molecular flexibility index (Phi) is 5.05. The Hall–Kier alpha value is -1.26. The minimum Gasteiger partial charge on any atom is -0.486 e. The Bertz CT molecular complexity index is 409. The minimum absolute atomic E-state index is 0.312. The number of rotatable bonds is 6. The highest BCUT2D eigenvalue weighted by molar-refractivity contribution is 5.44. The van der Waals surface area contributed by atoms with Crippen molar-refractivity contribution in [2.24, 2.45) is 0 Å². The van der Waals surface area contributed by atoms with Crippen LogP contribution in [0, 0.1) is 0 Å². The average molecular weight is 264 g/mol. The lowest BCUT2D eigenvalue weighted by Crippen LogP contribution is -2.31. The molecule has 1 aliphatic heterocycles. The fraction of sp³-hybridized carbons (Fsp3) is 0.600. The van der Waals surface area contributed by atoms with Gasteiger partial charge >= 0.3 is 0 Å². The highest BCUT2D eigenvalue weighted by Gasteiger charge is 2.17. The van der Waals surface area contributed by atoms with Crippen molar-refractivity contribution in [1.29, 1.82) is 0 Å². The Morgan fingerprint density at radius 2 is 2.00 bits per heavy atom. The number of benzene rings is 1. The summed E-state index contributed by atoms with van der Waals surface area (Å²) in [6.45, 7) is 5.58. The van der Waals surface area contributed by atoms with Crippen molar-refractivity contribution in [1.82, 2.24) is 10.2 Å². The number of hydrogen-bond donors (Lipinski definition) is 1. The van der Waals surface area contributed by atoms with Gasteiger partial charge < -0.3 is 19.7 Å². The molecule has 0 bridgehead atoms. The number of ether oxygens (including phenoxy) is 2. The molecule has 0 saturated carbocycles. The zero-order valence-electron chi connectivity index (χ0n) is 12.1. The third kappa shape index (κ3) is 3.61. The second-order valence-electron chi connectivity index (χ2n) is 5.01. The molecule has 106 valence electrons. The summed E-state index contributed by atoms with van der Waals surface area (Å²) in [6.07, 6.45) is 1.17. The molecule has 0 fully saturated rings. The predicted molar refractivity (Wildman–Crippen MR) is 77.0 cm³/mol. The first-order valence-electron chi connectivity index (χ1n) is 7.00. The molecule has 19 heavy (non-hydrogen) atoms. The molecule has 0 saturated heterocycles. The second kappa shape index (κ2) is 6.78. The van der Waals surface area contributed by atoms with Gasteiger partial charge in [0.15, 0.2) is 11.5 Å². The summed E-state index contributed by atoms with van der Waals surface area (Å²) < 4.78 is 11.2. The third-order valence-electron chi connectivity index (χ3n) is 3.42. The van der Waals surface area contributed by atoms with Crippen LogP contribution < -0.4 is 14.8 Å². The maximum atomic E-state index is 5.64. The topological polar surface area (TPSA) is 33.7 Å².